The third-order valence-corrected chi connectivity index (χ3v) is 3.95. The molecule has 3 aromatic rings. The van der Waals surface area contributed by atoms with Crippen LogP contribution in [0.1, 0.15) is 5.69 Å². The van der Waals surface area contributed by atoms with Gasteiger partial charge in [0.15, 0.2) is 11.5 Å². The summed E-state index contributed by atoms with van der Waals surface area (Å²) >= 11 is 1.63. The zero-order chi connectivity index (χ0) is 14.7. The molecule has 0 aliphatic carbocycles. The van der Waals surface area contributed by atoms with E-state index >= 15 is 0 Å². The highest BCUT2D eigenvalue weighted by atomic mass is 32.1. The number of fused-ring (bicyclic) bond motifs is 1. The Kier molecular flexibility index (Phi) is 3.87. The molecular formula is C15H15N3O2S. The van der Waals surface area contributed by atoms with Gasteiger partial charge >= 0.3 is 0 Å². The van der Waals surface area contributed by atoms with E-state index < -0.39 is 0 Å². The molecule has 2 heterocycles. The molecule has 0 fully saturated rings. The van der Waals surface area contributed by atoms with Crippen molar-refractivity contribution in [3.63, 3.8) is 0 Å². The lowest BCUT2D eigenvalue weighted by atomic mass is 10.2. The van der Waals surface area contributed by atoms with E-state index in [0.717, 1.165) is 21.6 Å². The van der Waals surface area contributed by atoms with Crippen LogP contribution >= 0.6 is 11.3 Å². The first-order valence-electron chi connectivity index (χ1n) is 6.45. The lowest BCUT2D eigenvalue weighted by Crippen LogP contribution is -2.05. The fourth-order valence-corrected chi connectivity index (χ4v) is 2.84. The Bertz CT molecular complexity index is 758. The topological polar surface area (TPSA) is 56.3 Å². The molecule has 0 unspecified atom stereocenters. The lowest BCUT2D eigenvalue weighted by molar-refractivity contribution is 0.350. The maximum absolute atomic E-state index is 5.38. The number of pyridine rings is 1. The minimum absolute atomic E-state index is 0.560. The molecule has 2 aromatic heterocycles. The van der Waals surface area contributed by atoms with Crippen LogP contribution in [0.2, 0.25) is 0 Å². The van der Waals surface area contributed by atoms with Crippen molar-refractivity contribution < 1.29 is 9.47 Å². The maximum atomic E-state index is 5.38. The van der Waals surface area contributed by atoms with Crippen molar-refractivity contribution in [3.05, 3.63) is 41.7 Å². The number of ether oxygens (including phenoxy) is 2. The van der Waals surface area contributed by atoms with Crippen LogP contribution in [-0.4, -0.2) is 24.2 Å². The minimum Gasteiger partial charge on any atom is -0.493 e. The largest absolute Gasteiger partial charge is 0.493 e. The molecule has 5 nitrogen and oxygen atoms in total. The molecule has 21 heavy (non-hydrogen) atoms. The normalized spacial score (nSPS) is 10.6. The van der Waals surface area contributed by atoms with Crippen molar-refractivity contribution in [1.29, 1.82) is 0 Å². The highest BCUT2D eigenvalue weighted by Crippen LogP contribution is 2.29. The molecule has 6 heteroatoms. The molecule has 0 aliphatic rings. The van der Waals surface area contributed by atoms with E-state index in [-0.39, 0.29) is 0 Å². The van der Waals surface area contributed by atoms with Crippen molar-refractivity contribution in [2.75, 3.05) is 19.5 Å². The fraction of sp³-hybridized carbons (Fsp3) is 0.200. The Labute approximate surface area is 126 Å². The van der Waals surface area contributed by atoms with Crippen LogP contribution in [0.4, 0.5) is 5.69 Å². The zero-order valence-electron chi connectivity index (χ0n) is 11.8. The first-order valence-corrected chi connectivity index (χ1v) is 7.32. The summed E-state index contributed by atoms with van der Waals surface area (Å²) in [6.07, 6.45) is 1.71. The summed E-state index contributed by atoms with van der Waals surface area (Å²) in [5.74, 6) is 1.34. The van der Waals surface area contributed by atoms with E-state index in [4.69, 9.17) is 9.47 Å². The van der Waals surface area contributed by atoms with Crippen LogP contribution < -0.4 is 14.8 Å². The summed E-state index contributed by atoms with van der Waals surface area (Å²) in [7, 11) is 3.24. The average Bonchev–Trinajstić information content (AvgIpc) is 2.99. The smallest absolute Gasteiger partial charge is 0.184 e. The summed E-state index contributed by atoms with van der Waals surface area (Å²) < 4.78 is 11.8. The second-order valence-corrected chi connectivity index (χ2v) is 5.27. The number of nitrogens with zero attached hydrogens (tertiary/aromatic N) is 2. The van der Waals surface area contributed by atoms with E-state index in [1.165, 1.54) is 0 Å². The van der Waals surface area contributed by atoms with E-state index in [9.17, 15) is 0 Å². The number of methoxy groups -OCH3 is 2. The van der Waals surface area contributed by atoms with Crippen LogP contribution in [0.15, 0.2) is 36.0 Å². The van der Waals surface area contributed by atoms with E-state index in [0.29, 0.717) is 18.0 Å². The molecule has 1 N–H and O–H groups in total. The second kappa shape index (κ2) is 5.97. The average molecular weight is 301 g/mol. The highest BCUT2D eigenvalue weighted by Gasteiger charge is 2.10. The summed E-state index contributed by atoms with van der Waals surface area (Å²) in [5, 5.41) is 3.35. The molecule has 1 aromatic carbocycles. The number of nitrogens with one attached hydrogen (secondary N) is 1. The molecule has 108 valence electrons. The van der Waals surface area contributed by atoms with Crippen molar-refractivity contribution in [2.24, 2.45) is 0 Å². The number of thiazole rings is 1. The summed E-state index contributed by atoms with van der Waals surface area (Å²) in [6.45, 7) is 0.560. The molecule has 0 saturated heterocycles. The van der Waals surface area contributed by atoms with Gasteiger partial charge in [-0.25, -0.2) is 4.98 Å². The quantitative estimate of drug-likeness (QED) is 0.783. The van der Waals surface area contributed by atoms with Crippen molar-refractivity contribution in [1.82, 2.24) is 9.97 Å². The van der Waals surface area contributed by atoms with Crippen LogP contribution in [0, 0.1) is 0 Å². The number of anilines is 1. The van der Waals surface area contributed by atoms with Gasteiger partial charge in [-0.05, 0) is 18.2 Å². The molecule has 0 amide bonds. The monoisotopic (exact) mass is 301 g/mol. The Hall–Kier alpha value is -2.34. The number of aromatic nitrogens is 2. The third kappa shape index (κ3) is 2.75. The van der Waals surface area contributed by atoms with Gasteiger partial charge in [-0.2, -0.15) is 0 Å². The van der Waals surface area contributed by atoms with Gasteiger partial charge in [0.25, 0.3) is 0 Å². The van der Waals surface area contributed by atoms with Crippen LogP contribution in [-0.2, 0) is 6.54 Å². The molecule has 0 spiro atoms. The molecule has 0 aliphatic heterocycles. The standard InChI is InChI=1S/C15H15N3O2S/c1-19-13-5-6-16-12(15(13)20-2)8-17-10-3-4-11-14(7-10)21-9-18-11/h3-7,9,17H,8H2,1-2H3. The third-order valence-electron chi connectivity index (χ3n) is 3.16. The van der Waals surface area contributed by atoms with E-state index in [2.05, 4.69) is 21.4 Å². The molecular weight excluding hydrogens is 286 g/mol. The Morgan fingerprint density at radius 1 is 1.14 bits per heavy atom. The van der Waals surface area contributed by atoms with E-state index in [1.54, 1.807) is 37.8 Å². The van der Waals surface area contributed by atoms with Gasteiger partial charge in [-0.15, -0.1) is 11.3 Å². The van der Waals surface area contributed by atoms with Gasteiger partial charge in [-0.1, -0.05) is 0 Å². The Morgan fingerprint density at radius 2 is 2.05 bits per heavy atom. The van der Waals surface area contributed by atoms with Gasteiger partial charge in [0.05, 0.1) is 36.5 Å². The second-order valence-electron chi connectivity index (χ2n) is 4.38. The van der Waals surface area contributed by atoms with Crippen molar-refractivity contribution >= 4 is 27.2 Å². The van der Waals surface area contributed by atoms with Crippen LogP contribution in [0.3, 0.4) is 0 Å². The number of hydrogen-bond donors (Lipinski definition) is 1. The van der Waals surface area contributed by atoms with Gasteiger partial charge in [0.1, 0.15) is 5.69 Å². The fourth-order valence-electron chi connectivity index (χ4n) is 2.13. The predicted molar refractivity (Wildman–Crippen MR) is 84.3 cm³/mol. The SMILES string of the molecule is COc1ccnc(CNc2ccc3ncsc3c2)c1OC. The van der Waals surface area contributed by atoms with Crippen LogP contribution in [0.25, 0.3) is 10.2 Å². The lowest BCUT2D eigenvalue weighted by Gasteiger charge is -2.12. The Morgan fingerprint density at radius 3 is 2.86 bits per heavy atom. The highest BCUT2D eigenvalue weighted by molar-refractivity contribution is 7.16. The predicted octanol–water partition coefficient (Wildman–Crippen LogP) is 3.32. The number of benzene rings is 1. The van der Waals surface area contributed by atoms with Crippen molar-refractivity contribution in [3.8, 4) is 11.5 Å². The first kappa shape index (κ1) is 13.6. The van der Waals surface area contributed by atoms with Gasteiger partial charge in [-0.3, -0.25) is 4.98 Å². The van der Waals surface area contributed by atoms with Crippen molar-refractivity contribution in [2.45, 2.75) is 6.54 Å². The van der Waals surface area contributed by atoms with Crippen LogP contribution in [0.5, 0.6) is 11.5 Å². The molecule has 3 rings (SSSR count). The van der Waals surface area contributed by atoms with Gasteiger partial charge in [0, 0.05) is 18.0 Å². The minimum atomic E-state index is 0.560. The molecule has 0 atom stereocenters. The molecule has 0 saturated carbocycles. The Balaban J connectivity index is 1.80. The maximum Gasteiger partial charge on any atom is 0.184 e. The first-order chi connectivity index (χ1) is 10.3. The number of rotatable bonds is 5. The summed E-state index contributed by atoms with van der Waals surface area (Å²) in [5.41, 5.74) is 4.70. The van der Waals surface area contributed by atoms with Gasteiger partial charge in [0.2, 0.25) is 0 Å². The van der Waals surface area contributed by atoms with E-state index in [1.807, 2.05) is 17.6 Å². The summed E-state index contributed by atoms with van der Waals surface area (Å²) in [6, 6.07) is 7.88. The van der Waals surface area contributed by atoms with Gasteiger partial charge < -0.3 is 14.8 Å². The molecule has 0 bridgehead atoms. The zero-order valence-corrected chi connectivity index (χ0v) is 12.6. The molecule has 0 radical (unpaired) electrons. The summed E-state index contributed by atoms with van der Waals surface area (Å²) in [4.78, 5) is 8.62. The number of hydrogen-bond acceptors (Lipinski definition) is 6.